The summed E-state index contributed by atoms with van der Waals surface area (Å²) in [4.78, 5) is 43.4. The highest BCUT2D eigenvalue weighted by atomic mass is 32.1. The second kappa shape index (κ2) is 12.1. The Labute approximate surface area is 229 Å². The van der Waals surface area contributed by atoms with E-state index in [2.05, 4.69) is 9.73 Å². The Hall–Kier alpha value is -4.18. The number of carbonyl (C=O) groups is 2. The van der Waals surface area contributed by atoms with Gasteiger partial charge in [-0.2, -0.15) is 0 Å². The monoisotopic (exact) mass is 550 g/mol. The SMILES string of the molecule is CCOC(=O)C1=C(C)N=c2s/c(=C/c3ccc(OCC(=O)OC)c(OCC)c3)c(=O)n2[C@H]1c1ccc(C)cc1. The molecule has 1 aliphatic rings. The summed E-state index contributed by atoms with van der Waals surface area (Å²) >= 11 is 1.24. The van der Waals surface area contributed by atoms with E-state index in [0.29, 0.717) is 44.3 Å². The first-order valence-corrected chi connectivity index (χ1v) is 13.3. The quantitative estimate of drug-likeness (QED) is 0.377. The number of thiazole rings is 1. The molecule has 2 aromatic carbocycles. The van der Waals surface area contributed by atoms with Gasteiger partial charge in [-0.25, -0.2) is 14.6 Å². The molecule has 0 fully saturated rings. The van der Waals surface area contributed by atoms with Crippen LogP contribution in [0.25, 0.3) is 6.08 Å². The largest absolute Gasteiger partial charge is 0.490 e. The number of hydrogen-bond donors (Lipinski definition) is 0. The molecule has 9 nitrogen and oxygen atoms in total. The maximum Gasteiger partial charge on any atom is 0.343 e. The number of methoxy groups -OCH3 is 1. The van der Waals surface area contributed by atoms with Crippen LogP contribution in [-0.4, -0.2) is 43.4 Å². The molecule has 1 aliphatic heterocycles. The number of aromatic nitrogens is 1. The Morgan fingerprint density at radius 3 is 2.44 bits per heavy atom. The van der Waals surface area contributed by atoms with E-state index < -0.39 is 18.0 Å². The van der Waals surface area contributed by atoms with Crippen LogP contribution < -0.4 is 24.4 Å². The van der Waals surface area contributed by atoms with Crippen molar-refractivity contribution in [3.63, 3.8) is 0 Å². The lowest BCUT2D eigenvalue weighted by Crippen LogP contribution is -2.39. The minimum atomic E-state index is -0.670. The predicted molar refractivity (Wildman–Crippen MR) is 147 cm³/mol. The standard InChI is InChI=1S/C29H30N2O7S/c1-6-36-22-14-19(10-13-21(22)38-16-24(32)35-5)15-23-27(33)31-26(20-11-8-17(3)9-12-20)25(28(34)37-7-2)18(4)30-29(31)39-23/h8-15,26H,6-7,16H2,1-5H3/b23-15+/t26-/m0/s1. The summed E-state index contributed by atoms with van der Waals surface area (Å²) in [6.07, 6.45) is 1.74. The van der Waals surface area contributed by atoms with Gasteiger partial charge in [-0.15, -0.1) is 0 Å². The third kappa shape index (κ3) is 5.96. The first-order valence-electron chi connectivity index (χ1n) is 12.5. The highest BCUT2D eigenvalue weighted by molar-refractivity contribution is 7.07. The zero-order chi connectivity index (χ0) is 28.1. The van der Waals surface area contributed by atoms with Gasteiger partial charge in [-0.1, -0.05) is 47.2 Å². The fourth-order valence-electron chi connectivity index (χ4n) is 4.20. The zero-order valence-electron chi connectivity index (χ0n) is 22.5. The van der Waals surface area contributed by atoms with Crippen molar-refractivity contribution in [2.24, 2.45) is 4.99 Å². The van der Waals surface area contributed by atoms with Crippen LogP contribution in [0.15, 0.2) is 63.5 Å². The minimum Gasteiger partial charge on any atom is -0.490 e. The van der Waals surface area contributed by atoms with Crippen molar-refractivity contribution >= 4 is 29.4 Å². The van der Waals surface area contributed by atoms with E-state index in [9.17, 15) is 14.4 Å². The van der Waals surface area contributed by atoms with Gasteiger partial charge in [0, 0.05) is 0 Å². The Morgan fingerprint density at radius 1 is 1.03 bits per heavy atom. The number of fused-ring (bicyclic) bond motifs is 1. The first kappa shape index (κ1) is 27.8. The summed E-state index contributed by atoms with van der Waals surface area (Å²) in [5, 5.41) is 0. The maximum atomic E-state index is 13.8. The van der Waals surface area contributed by atoms with Crippen molar-refractivity contribution in [2.45, 2.75) is 33.7 Å². The van der Waals surface area contributed by atoms with E-state index in [-0.39, 0.29) is 18.8 Å². The number of allylic oxidation sites excluding steroid dienone is 1. The Bertz CT molecular complexity index is 1600. The molecule has 0 saturated carbocycles. The van der Waals surface area contributed by atoms with E-state index in [1.807, 2.05) is 38.1 Å². The summed E-state index contributed by atoms with van der Waals surface area (Å²) in [5.74, 6) is -0.193. The van der Waals surface area contributed by atoms with E-state index in [1.165, 1.54) is 18.4 Å². The van der Waals surface area contributed by atoms with Gasteiger partial charge < -0.3 is 18.9 Å². The second-order valence-corrected chi connectivity index (χ2v) is 9.73. The van der Waals surface area contributed by atoms with Crippen LogP contribution in [0.5, 0.6) is 11.5 Å². The van der Waals surface area contributed by atoms with Crippen molar-refractivity contribution in [1.29, 1.82) is 0 Å². The van der Waals surface area contributed by atoms with Crippen molar-refractivity contribution in [1.82, 2.24) is 4.57 Å². The van der Waals surface area contributed by atoms with Crippen LogP contribution in [0.3, 0.4) is 0 Å². The fourth-order valence-corrected chi connectivity index (χ4v) is 5.25. The Kier molecular flexibility index (Phi) is 8.65. The average Bonchev–Trinajstić information content (AvgIpc) is 3.22. The number of carbonyl (C=O) groups excluding carboxylic acids is 2. The number of hydrogen-bond acceptors (Lipinski definition) is 9. The van der Waals surface area contributed by atoms with Crippen molar-refractivity contribution < 1.29 is 28.5 Å². The first-order chi connectivity index (χ1) is 18.8. The van der Waals surface area contributed by atoms with E-state index >= 15 is 0 Å². The van der Waals surface area contributed by atoms with Gasteiger partial charge in [-0.05, 0) is 57.0 Å². The zero-order valence-corrected chi connectivity index (χ0v) is 23.3. The molecule has 10 heteroatoms. The van der Waals surface area contributed by atoms with Gasteiger partial charge >= 0.3 is 11.9 Å². The van der Waals surface area contributed by atoms with Crippen LogP contribution in [0.4, 0.5) is 0 Å². The Morgan fingerprint density at radius 2 is 1.77 bits per heavy atom. The number of nitrogens with zero attached hydrogens (tertiary/aromatic N) is 2. The molecule has 0 amide bonds. The van der Waals surface area contributed by atoms with Crippen LogP contribution >= 0.6 is 11.3 Å². The number of rotatable bonds is 9. The smallest absolute Gasteiger partial charge is 0.343 e. The Balaban J connectivity index is 1.82. The van der Waals surface area contributed by atoms with E-state index in [4.69, 9.17) is 14.2 Å². The fraction of sp³-hybridized carbons (Fsp3) is 0.310. The van der Waals surface area contributed by atoms with Crippen LogP contribution in [0, 0.1) is 6.92 Å². The van der Waals surface area contributed by atoms with Gasteiger partial charge in [0.15, 0.2) is 22.9 Å². The molecule has 1 atom stereocenters. The molecule has 0 spiro atoms. The lowest BCUT2D eigenvalue weighted by Gasteiger charge is -2.24. The lowest BCUT2D eigenvalue weighted by molar-refractivity contribution is -0.143. The molecule has 0 saturated heterocycles. The third-order valence-electron chi connectivity index (χ3n) is 6.05. The molecule has 3 aromatic rings. The van der Waals surface area contributed by atoms with Crippen LogP contribution in [0.1, 0.15) is 43.5 Å². The molecule has 4 rings (SSSR count). The van der Waals surface area contributed by atoms with Crippen LogP contribution in [-0.2, 0) is 19.1 Å². The number of esters is 2. The summed E-state index contributed by atoms with van der Waals surface area (Å²) in [6, 6.07) is 12.2. The van der Waals surface area contributed by atoms with Crippen molar-refractivity contribution in [2.75, 3.05) is 26.9 Å². The molecule has 0 unspecified atom stereocenters. The summed E-state index contributed by atoms with van der Waals surface area (Å²) in [5.41, 5.74) is 3.12. The third-order valence-corrected chi connectivity index (χ3v) is 7.03. The summed E-state index contributed by atoms with van der Waals surface area (Å²) < 4.78 is 23.2. The minimum absolute atomic E-state index is 0.210. The number of ether oxygens (including phenoxy) is 4. The molecule has 204 valence electrons. The van der Waals surface area contributed by atoms with Gasteiger partial charge in [0.25, 0.3) is 5.56 Å². The van der Waals surface area contributed by atoms with E-state index in [1.54, 1.807) is 42.7 Å². The second-order valence-electron chi connectivity index (χ2n) is 8.72. The number of aryl methyl sites for hydroxylation is 1. The van der Waals surface area contributed by atoms with Crippen LogP contribution in [0.2, 0.25) is 0 Å². The molecule has 0 aliphatic carbocycles. The maximum absolute atomic E-state index is 13.8. The molecular weight excluding hydrogens is 520 g/mol. The molecule has 2 heterocycles. The highest BCUT2D eigenvalue weighted by Crippen LogP contribution is 2.31. The van der Waals surface area contributed by atoms with Gasteiger partial charge in [0.05, 0.1) is 42.2 Å². The molecule has 39 heavy (non-hydrogen) atoms. The van der Waals surface area contributed by atoms with Crippen molar-refractivity contribution in [3.05, 3.63) is 90.1 Å². The summed E-state index contributed by atoms with van der Waals surface area (Å²) in [6.45, 7) is 7.65. The normalized spacial score (nSPS) is 14.9. The molecule has 1 aromatic heterocycles. The predicted octanol–water partition coefficient (Wildman–Crippen LogP) is 3.06. The van der Waals surface area contributed by atoms with E-state index in [0.717, 1.165) is 11.1 Å². The molecule has 0 radical (unpaired) electrons. The van der Waals surface area contributed by atoms with Gasteiger partial charge in [0.2, 0.25) is 0 Å². The lowest BCUT2D eigenvalue weighted by atomic mass is 9.95. The molecule has 0 bridgehead atoms. The average molecular weight is 551 g/mol. The topological polar surface area (TPSA) is 105 Å². The molecular formula is C29H30N2O7S. The highest BCUT2D eigenvalue weighted by Gasteiger charge is 2.33. The number of benzene rings is 2. The van der Waals surface area contributed by atoms with Gasteiger partial charge in [-0.3, -0.25) is 9.36 Å². The molecule has 0 N–H and O–H groups in total. The summed E-state index contributed by atoms with van der Waals surface area (Å²) in [7, 11) is 1.29. The van der Waals surface area contributed by atoms with Crippen molar-refractivity contribution in [3.8, 4) is 11.5 Å². The van der Waals surface area contributed by atoms with Gasteiger partial charge in [0.1, 0.15) is 0 Å².